The zero-order valence-corrected chi connectivity index (χ0v) is 68.0. The van der Waals surface area contributed by atoms with Crippen molar-refractivity contribution in [2.24, 2.45) is 23.5 Å². The molecule has 3 heterocycles. The summed E-state index contributed by atoms with van der Waals surface area (Å²) in [5.74, 6) is -6.83. The maximum Gasteiger partial charge on any atom is 0.311 e. The smallest absolute Gasteiger partial charge is 0.311 e. The van der Waals surface area contributed by atoms with Crippen LogP contribution in [0.2, 0.25) is 0 Å². The summed E-state index contributed by atoms with van der Waals surface area (Å²) in [6.45, 7) is 14.1. The fourth-order valence-electron chi connectivity index (χ4n) is 14.3. The second kappa shape index (κ2) is 60.7. The first kappa shape index (κ1) is 100. The van der Waals surface area contributed by atoms with Gasteiger partial charge in [-0.3, -0.25) is 9.59 Å². The molecule has 0 saturated carbocycles. The third-order valence-electron chi connectivity index (χ3n) is 21.3. The van der Waals surface area contributed by atoms with Gasteiger partial charge in [-0.05, 0) is 58.8 Å². The number of halogens is 1. The van der Waals surface area contributed by atoms with Crippen LogP contribution in [-0.4, -0.2) is 197 Å². The van der Waals surface area contributed by atoms with E-state index >= 15 is 0 Å². The molecule has 105 heavy (non-hydrogen) atoms. The lowest BCUT2D eigenvalue weighted by Crippen LogP contribution is -3.00. The number of unbranched alkanes of at least 4 members (excludes halogenated alkanes) is 30. The van der Waals surface area contributed by atoms with E-state index in [4.69, 9.17) is 24.7 Å². The summed E-state index contributed by atoms with van der Waals surface area (Å²) in [4.78, 5) is 25.1. The summed E-state index contributed by atoms with van der Waals surface area (Å²) in [5.41, 5.74) is 6.02. The molecule has 3 aliphatic rings. The Labute approximate surface area is 646 Å². The number of quaternary nitrogens is 1. The molecule has 0 aromatic rings. The van der Waals surface area contributed by atoms with Crippen molar-refractivity contribution in [2.45, 2.75) is 396 Å². The topological polar surface area (TPSA) is 320 Å². The average Bonchev–Trinajstić information content (AvgIpc) is 0.787. The van der Waals surface area contributed by atoms with E-state index in [-0.39, 0.29) is 48.6 Å². The largest absolute Gasteiger partial charge is 1.00 e. The summed E-state index contributed by atoms with van der Waals surface area (Å²) >= 11 is 0. The summed E-state index contributed by atoms with van der Waals surface area (Å²) in [5, 5.41) is 118. The van der Waals surface area contributed by atoms with Crippen molar-refractivity contribution in [3.05, 3.63) is 85.1 Å². The molecule has 0 amide bonds. The molecule has 20 heteroatoms. The fourth-order valence-corrected chi connectivity index (χ4v) is 14.3. The number of nitrogens with two attached hydrogens (primary N) is 1. The van der Waals surface area contributed by atoms with Gasteiger partial charge in [-0.1, -0.05) is 293 Å². The van der Waals surface area contributed by atoms with Crippen LogP contribution in [0.15, 0.2) is 85.1 Å². The van der Waals surface area contributed by atoms with Gasteiger partial charge in [0.1, 0.15) is 18.1 Å². The van der Waals surface area contributed by atoms with Crippen molar-refractivity contribution in [3.63, 3.8) is 0 Å². The number of carboxylic acid groups (broad SMARTS) is 1. The van der Waals surface area contributed by atoms with E-state index < -0.39 is 147 Å². The number of rotatable bonds is 37. The van der Waals surface area contributed by atoms with E-state index in [0.717, 1.165) is 0 Å². The highest BCUT2D eigenvalue weighted by Crippen LogP contribution is 2.38. The van der Waals surface area contributed by atoms with Gasteiger partial charge >= 0.3 is 11.9 Å². The Bertz CT molecular complexity index is 2340. The molecule has 3 rings (SSSR count). The molecule has 3 aliphatic heterocycles. The van der Waals surface area contributed by atoms with Gasteiger partial charge in [0.25, 0.3) is 0 Å². The van der Waals surface area contributed by atoms with Crippen LogP contribution in [0.5, 0.6) is 0 Å². The average molecular weight is 1560 g/mol. The number of carbonyl (C=O) groups is 2. The first-order valence-corrected chi connectivity index (χ1v) is 41.3. The molecular formula is C85H153BrN2O17. The second-order valence-electron chi connectivity index (χ2n) is 31.6. The van der Waals surface area contributed by atoms with Crippen LogP contribution < -0.4 is 22.7 Å². The molecule has 19 atom stereocenters. The Kier molecular flexibility index (Phi) is 57.8. The van der Waals surface area contributed by atoms with Gasteiger partial charge in [0.2, 0.25) is 0 Å². The van der Waals surface area contributed by atoms with Gasteiger partial charge in [-0.15, -0.1) is 0 Å². The number of hydrogen-bond donors (Lipinski definition) is 12. The predicted octanol–water partition coefficient (Wildman–Crippen LogP) is 11.3. The van der Waals surface area contributed by atoms with Crippen molar-refractivity contribution in [1.82, 2.24) is 0 Å². The number of allylic oxidation sites excluding steroid dienone is 12. The van der Waals surface area contributed by atoms with Crippen molar-refractivity contribution >= 4 is 11.9 Å². The van der Waals surface area contributed by atoms with Gasteiger partial charge in [-0.25, -0.2) is 0 Å². The SMILES string of the molecule is CCCCCCCCCCCCCCCCCC[N+](C)(C)CCCCCCCCCCCCCCCCCC.C[C@@H]1[C@H](O)[C@@H](C)/C=C/C=C/C=C/C=C/C=C/C=C/C=C/[C@H](O[C@@H]2O[C@H](C)[C@@H](O)[C@H](N)[C@@H]2O)C[C@@H]2O[C@](O)(C[C@@H](O)C[C@@H](O)[C@H](O)CC[C@@H](O)C[C@@H](O)CC(=O)O[C@H]1C)C[C@H](O)[C@H]2C(=O)O.[Br-]. The highest BCUT2D eigenvalue weighted by Gasteiger charge is 2.51. The molecule has 2 fully saturated rings. The number of aliphatic carboxylic acids is 1. The van der Waals surface area contributed by atoms with Crippen molar-refractivity contribution < 1.29 is 106 Å². The van der Waals surface area contributed by atoms with Crippen molar-refractivity contribution in [3.8, 4) is 0 Å². The lowest BCUT2D eigenvalue weighted by molar-refractivity contribution is -0.890. The minimum atomic E-state index is -2.33. The number of fused-ring (bicyclic) bond motifs is 2. The second-order valence-corrected chi connectivity index (χ2v) is 31.6. The zero-order valence-electron chi connectivity index (χ0n) is 66.4. The Morgan fingerprint density at radius 1 is 0.495 bits per heavy atom. The number of nitrogens with zero attached hydrogens (tertiary/aromatic N) is 1. The van der Waals surface area contributed by atoms with Gasteiger partial charge in [0, 0.05) is 37.5 Å². The van der Waals surface area contributed by atoms with Gasteiger partial charge in [-0.2, -0.15) is 0 Å². The molecule has 2 bridgehead atoms. The third-order valence-corrected chi connectivity index (χ3v) is 21.3. The minimum absolute atomic E-state index is 0. The molecule has 0 unspecified atom stereocenters. The maximum absolute atomic E-state index is 12.6. The number of ether oxygens (including phenoxy) is 4. The van der Waals surface area contributed by atoms with Crippen molar-refractivity contribution in [2.75, 3.05) is 27.2 Å². The first-order chi connectivity index (χ1) is 49.7. The lowest BCUT2D eigenvalue weighted by atomic mass is 9.82. The quantitative estimate of drug-likeness (QED) is 0.0156. The van der Waals surface area contributed by atoms with E-state index in [0.29, 0.717) is 0 Å². The van der Waals surface area contributed by atoms with E-state index in [9.17, 15) is 65.8 Å². The first-order valence-electron chi connectivity index (χ1n) is 41.3. The predicted molar refractivity (Wildman–Crippen MR) is 418 cm³/mol. The van der Waals surface area contributed by atoms with Gasteiger partial charge in [0.05, 0.1) is 107 Å². The molecule has 0 aromatic carbocycles. The number of cyclic esters (lactones) is 1. The minimum Gasteiger partial charge on any atom is -1.00 e. The summed E-state index contributed by atoms with van der Waals surface area (Å²) in [6, 6.07) is -1.15. The Hall–Kier alpha value is -3.00. The molecule has 0 aliphatic carbocycles. The number of carbonyl (C=O) groups excluding carboxylic acids is 1. The van der Waals surface area contributed by atoms with Crippen LogP contribution in [0.3, 0.4) is 0 Å². The van der Waals surface area contributed by atoms with Gasteiger partial charge in [0.15, 0.2) is 12.1 Å². The number of aliphatic hydroxyl groups excluding tert-OH is 9. The van der Waals surface area contributed by atoms with Crippen LogP contribution >= 0.6 is 0 Å². The number of aliphatic hydroxyl groups is 10. The summed E-state index contributed by atoms with van der Waals surface area (Å²) < 4.78 is 24.4. The number of carboxylic acids is 1. The lowest BCUT2D eigenvalue weighted by Gasteiger charge is -2.45. The zero-order chi connectivity index (χ0) is 77.0. The maximum atomic E-state index is 12.6. The number of hydrogen-bond acceptors (Lipinski definition) is 17. The highest BCUT2D eigenvalue weighted by molar-refractivity contribution is 5.71. The molecule has 0 aromatic heterocycles. The number of esters is 1. The highest BCUT2D eigenvalue weighted by atomic mass is 79.9. The molecule has 612 valence electrons. The summed E-state index contributed by atoms with van der Waals surface area (Å²) in [6.07, 6.45) is 50.4. The van der Waals surface area contributed by atoms with E-state index in [1.54, 1.807) is 80.7 Å². The Morgan fingerprint density at radius 2 is 0.905 bits per heavy atom. The van der Waals surface area contributed by atoms with E-state index in [1.165, 1.54) is 236 Å². The molecule has 2 saturated heterocycles. The Morgan fingerprint density at radius 3 is 1.33 bits per heavy atom. The van der Waals surface area contributed by atoms with Crippen LogP contribution in [0.4, 0.5) is 0 Å². The van der Waals surface area contributed by atoms with Gasteiger partial charge < -0.3 is 102 Å². The normalized spacial score (nSPS) is 32.6. The van der Waals surface area contributed by atoms with E-state index in [1.807, 2.05) is 19.1 Å². The monoisotopic (exact) mass is 1550 g/mol. The molecule has 13 N–H and O–H groups in total. The fraction of sp³-hybridized carbons (Fsp3) is 0.812. The Balaban J connectivity index is 0.00000118. The summed E-state index contributed by atoms with van der Waals surface area (Å²) in [7, 11) is 4.94. The van der Waals surface area contributed by atoms with E-state index in [2.05, 4.69) is 27.9 Å². The van der Waals surface area contributed by atoms with Crippen LogP contribution in [0.25, 0.3) is 0 Å². The standard InChI is InChI=1S/C47H73NO17.C38H80N.BrH/c1-27-17-15-13-11-9-7-5-6-8-10-12-14-16-18-34(64-46-44(58)41(48)43(57)30(4)63-46)24-38-40(45(59)60)37(54)26-47(61,65-38)25-33(51)22-36(53)35(52)20-19-31(49)21-32(50)23-39(55)62-29(3)28(2)42(27)56;1-5-7-9-11-13-15-17-19-21-23-25-27-29-31-33-35-37-39(3,4)38-36-34-32-30-28-26-24-22-20-18-16-14-12-10-8-6-2;/h5-18,27-38,40-44,46,49-54,56-58,61H,19-26,48H2,1-4H3,(H,59,60);5-38H2,1-4H3;1H/q;+1;/p-1/b6-5+,9-7+,10-8+,13-11+,14-12+,17-15+,18-16+;;/t27-,28-,29-,30+,31+,32+,33-,34-,35+,36+,37-,38-,40+,41-,42+,43+,44-,46-,47+;;/m0../s1. The van der Waals surface area contributed by atoms with Crippen LogP contribution in [0, 0.1) is 17.8 Å². The van der Waals surface area contributed by atoms with Crippen LogP contribution in [0.1, 0.15) is 298 Å². The van der Waals surface area contributed by atoms with Crippen molar-refractivity contribution in [1.29, 1.82) is 0 Å². The molecule has 0 radical (unpaired) electrons. The molecular weight excluding hydrogens is 1400 g/mol. The van der Waals surface area contributed by atoms with Crippen LogP contribution in [-0.2, 0) is 28.5 Å². The third kappa shape index (κ3) is 47.7. The molecule has 0 spiro atoms. The molecule has 19 nitrogen and oxygen atoms in total.